The molecule has 6 nitrogen and oxygen atoms in total. The van der Waals surface area contributed by atoms with E-state index in [1.165, 1.54) is 23.7 Å². The molecule has 7 heteroatoms. The van der Waals surface area contributed by atoms with E-state index < -0.39 is 0 Å². The molecule has 3 rings (SSSR count). The Morgan fingerprint density at radius 1 is 1.17 bits per heavy atom. The van der Waals surface area contributed by atoms with Gasteiger partial charge in [-0.05, 0) is 19.1 Å². The summed E-state index contributed by atoms with van der Waals surface area (Å²) in [6, 6.07) is 9.59. The summed E-state index contributed by atoms with van der Waals surface area (Å²) in [6.45, 7) is 1.97. The van der Waals surface area contributed by atoms with Crippen LogP contribution in [0.2, 0.25) is 0 Å². The van der Waals surface area contributed by atoms with Gasteiger partial charge in [0.2, 0.25) is 5.95 Å². The van der Waals surface area contributed by atoms with Crippen LogP contribution in [0.4, 0.5) is 11.6 Å². The number of carbonyl (C=O) groups excluding carboxylic acids is 1. The SMILES string of the molecule is CC(c1cncs1)N(C)C(=O)c1cnc(Nc2ccccc2)nc1. The highest BCUT2D eigenvalue weighted by Gasteiger charge is 2.20. The van der Waals surface area contributed by atoms with Gasteiger partial charge in [0, 0.05) is 36.2 Å². The van der Waals surface area contributed by atoms with Crippen molar-refractivity contribution >= 4 is 28.9 Å². The Balaban J connectivity index is 1.69. The molecule has 0 aliphatic rings. The first kappa shape index (κ1) is 16.1. The van der Waals surface area contributed by atoms with Crippen LogP contribution in [0, 0.1) is 0 Å². The summed E-state index contributed by atoms with van der Waals surface area (Å²) in [6.07, 6.45) is 4.86. The zero-order valence-electron chi connectivity index (χ0n) is 13.4. The van der Waals surface area contributed by atoms with E-state index in [2.05, 4.69) is 20.3 Å². The van der Waals surface area contributed by atoms with Crippen LogP contribution in [0.3, 0.4) is 0 Å². The van der Waals surface area contributed by atoms with Crippen molar-refractivity contribution in [1.82, 2.24) is 19.9 Å². The standard InChI is InChI=1S/C17H17N5OS/c1-12(15-10-18-11-24-15)22(2)16(23)13-8-19-17(20-9-13)21-14-6-4-3-5-7-14/h3-12H,1-2H3,(H,19,20,21). The molecular weight excluding hydrogens is 322 g/mol. The number of rotatable bonds is 5. The second-order valence-corrected chi connectivity index (χ2v) is 6.20. The van der Waals surface area contributed by atoms with Crippen molar-refractivity contribution in [3.05, 3.63) is 64.9 Å². The van der Waals surface area contributed by atoms with Gasteiger partial charge in [-0.2, -0.15) is 0 Å². The van der Waals surface area contributed by atoms with Crippen molar-refractivity contribution in [3.8, 4) is 0 Å². The summed E-state index contributed by atoms with van der Waals surface area (Å²) >= 11 is 1.53. The molecule has 1 aromatic carbocycles. The van der Waals surface area contributed by atoms with E-state index in [4.69, 9.17) is 0 Å². The van der Waals surface area contributed by atoms with Crippen LogP contribution in [-0.4, -0.2) is 32.8 Å². The molecule has 1 atom stereocenters. The molecule has 0 saturated heterocycles. The highest BCUT2D eigenvalue weighted by Crippen LogP contribution is 2.23. The average Bonchev–Trinajstić information content (AvgIpc) is 3.16. The van der Waals surface area contributed by atoms with Crippen LogP contribution < -0.4 is 5.32 Å². The first-order valence-electron chi connectivity index (χ1n) is 7.45. The molecule has 0 saturated carbocycles. The zero-order valence-corrected chi connectivity index (χ0v) is 14.2. The molecule has 2 aromatic heterocycles. The lowest BCUT2D eigenvalue weighted by molar-refractivity contribution is 0.0744. The van der Waals surface area contributed by atoms with E-state index in [1.807, 2.05) is 37.3 Å². The van der Waals surface area contributed by atoms with Crippen LogP contribution in [0.5, 0.6) is 0 Å². The number of amides is 1. The third kappa shape index (κ3) is 3.57. The van der Waals surface area contributed by atoms with Crippen LogP contribution in [0.25, 0.3) is 0 Å². The number of anilines is 2. The molecule has 24 heavy (non-hydrogen) atoms. The van der Waals surface area contributed by atoms with E-state index in [0.717, 1.165) is 10.6 Å². The molecule has 0 spiro atoms. The van der Waals surface area contributed by atoms with Gasteiger partial charge >= 0.3 is 0 Å². The molecule has 2 heterocycles. The molecule has 0 bridgehead atoms. The highest BCUT2D eigenvalue weighted by atomic mass is 32.1. The Bertz CT molecular complexity index is 790. The van der Waals surface area contributed by atoms with Crippen molar-refractivity contribution in [1.29, 1.82) is 0 Å². The summed E-state index contributed by atoms with van der Waals surface area (Å²) in [5.41, 5.74) is 3.11. The third-order valence-corrected chi connectivity index (χ3v) is 4.64. The molecule has 0 radical (unpaired) electrons. The minimum atomic E-state index is -0.123. The van der Waals surface area contributed by atoms with Crippen LogP contribution in [0.1, 0.15) is 28.2 Å². The maximum Gasteiger partial charge on any atom is 0.257 e. The van der Waals surface area contributed by atoms with Gasteiger partial charge in [0.05, 0.1) is 17.1 Å². The van der Waals surface area contributed by atoms with Gasteiger partial charge in [0.15, 0.2) is 0 Å². The first-order valence-corrected chi connectivity index (χ1v) is 8.33. The number of benzene rings is 1. The number of nitrogens with one attached hydrogen (secondary N) is 1. The maximum atomic E-state index is 12.6. The van der Waals surface area contributed by atoms with E-state index in [1.54, 1.807) is 23.7 Å². The Labute approximate surface area is 144 Å². The predicted octanol–water partition coefficient (Wildman–Crippen LogP) is 3.51. The van der Waals surface area contributed by atoms with Crippen LogP contribution in [-0.2, 0) is 0 Å². The molecule has 1 amide bonds. The van der Waals surface area contributed by atoms with Crippen molar-refractivity contribution in [2.24, 2.45) is 0 Å². The van der Waals surface area contributed by atoms with Gasteiger partial charge in [-0.1, -0.05) is 18.2 Å². The van der Waals surface area contributed by atoms with Gasteiger partial charge in [0.25, 0.3) is 5.91 Å². The largest absolute Gasteiger partial charge is 0.334 e. The monoisotopic (exact) mass is 339 g/mol. The van der Waals surface area contributed by atoms with E-state index in [0.29, 0.717) is 11.5 Å². The molecule has 0 aliphatic carbocycles. The molecule has 0 fully saturated rings. The number of aromatic nitrogens is 3. The van der Waals surface area contributed by atoms with Crippen molar-refractivity contribution in [2.75, 3.05) is 12.4 Å². The molecular formula is C17H17N5OS. The fraction of sp³-hybridized carbons (Fsp3) is 0.176. The van der Waals surface area contributed by atoms with Gasteiger partial charge in [-0.3, -0.25) is 9.78 Å². The Morgan fingerprint density at radius 3 is 2.50 bits per heavy atom. The van der Waals surface area contributed by atoms with Gasteiger partial charge in [-0.15, -0.1) is 11.3 Å². The second-order valence-electron chi connectivity index (χ2n) is 5.28. The first-order chi connectivity index (χ1) is 11.6. The number of hydrogen-bond donors (Lipinski definition) is 1. The number of carbonyl (C=O) groups is 1. The summed E-state index contributed by atoms with van der Waals surface area (Å²) in [5.74, 6) is 0.332. The lowest BCUT2D eigenvalue weighted by Crippen LogP contribution is -2.29. The van der Waals surface area contributed by atoms with E-state index in [9.17, 15) is 4.79 Å². The zero-order chi connectivity index (χ0) is 16.9. The minimum absolute atomic E-state index is 0.0490. The third-order valence-electron chi connectivity index (χ3n) is 3.69. The minimum Gasteiger partial charge on any atom is -0.334 e. The van der Waals surface area contributed by atoms with Gasteiger partial charge in [0.1, 0.15) is 0 Å². The van der Waals surface area contributed by atoms with Gasteiger partial charge in [-0.25, -0.2) is 9.97 Å². The van der Waals surface area contributed by atoms with Crippen molar-refractivity contribution in [2.45, 2.75) is 13.0 Å². The summed E-state index contributed by atoms with van der Waals surface area (Å²) in [4.78, 5) is 27.8. The summed E-state index contributed by atoms with van der Waals surface area (Å²) in [7, 11) is 1.77. The molecule has 0 aliphatic heterocycles. The molecule has 122 valence electrons. The Morgan fingerprint density at radius 2 is 1.88 bits per heavy atom. The highest BCUT2D eigenvalue weighted by molar-refractivity contribution is 7.09. The topological polar surface area (TPSA) is 71.0 Å². The van der Waals surface area contributed by atoms with Crippen molar-refractivity contribution < 1.29 is 4.79 Å². The smallest absolute Gasteiger partial charge is 0.257 e. The normalized spacial score (nSPS) is 11.8. The Hall–Kier alpha value is -2.80. The van der Waals surface area contributed by atoms with Gasteiger partial charge < -0.3 is 10.2 Å². The lowest BCUT2D eigenvalue weighted by atomic mass is 10.2. The fourth-order valence-electron chi connectivity index (χ4n) is 2.16. The Kier molecular flexibility index (Phi) is 4.81. The fourth-order valence-corrected chi connectivity index (χ4v) is 2.88. The average molecular weight is 339 g/mol. The van der Waals surface area contributed by atoms with Crippen molar-refractivity contribution in [3.63, 3.8) is 0 Å². The van der Waals surface area contributed by atoms with E-state index in [-0.39, 0.29) is 11.9 Å². The number of thiazole rings is 1. The number of para-hydroxylation sites is 1. The predicted molar refractivity (Wildman–Crippen MR) is 94.4 cm³/mol. The summed E-state index contributed by atoms with van der Waals surface area (Å²) in [5, 5.41) is 3.09. The second kappa shape index (κ2) is 7.18. The molecule has 1 N–H and O–H groups in total. The molecule has 1 unspecified atom stereocenters. The number of nitrogens with zero attached hydrogens (tertiary/aromatic N) is 4. The van der Waals surface area contributed by atoms with E-state index >= 15 is 0 Å². The quantitative estimate of drug-likeness (QED) is 0.770. The number of hydrogen-bond acceptors (Lipinski definition) is 6. The van der Waals surface area contributed by atoms with Crippen LogP contribution in [0.15, 0.2) is 54.4 Å². The summed E-state index contributed by atoms with van der Waals surface area (Å²) < 4.78 is 0. The van der Waals surface area contributed by atoms with Crippen LogP contribution >= 0.6 is 11.3 Å². The molecule has 3 aromatic rings. The lowest BCUT2D eigenvalue weighted by Gasteiger charge is -2.23. The maximum absolute atomic E-state index is 12.6.